The molecule has 0 aliphatic carbocycles. The number of ether oxygens (including phenoxy) is 2. The summed E-state index contributed by atoms with van der Waals surface area (Å²) in [6.07, 6.45) is 2.86. The second kappa shape index (κ2) is 10.1. The Labute approximate surface area is 113 Å². The molecule has 0 unspecified atom stereocenters. The Balaban J connectivity index is 3.55. The fourth-order valence-corrected chi connectivity index (χ4v) is 1.26. The Kier molecular flexibility index (Phi) is 9.04. The van der Waals surface area contributed by atoms with Crippen molar-refractivity contribution in [1.82, 2.24) is 0 Å². The van der Waals surface area contributed by atoms with Crippen molar-refractivity contribution in [3.05, 3.63) is 25.0 Å². The van der Waals surface area contributed by atoms with E-state index < -0.39 is 11.9 Å². The third kappa shape index (κ3) is 9.76. The minimum Gasteiger partial charge on any atom is -0.462 e. The van der Waals surface area contributed by atoms with Crippen LogP contribution in [0, 0.1) is 0 Å². The smallest absolute Gasteiger partial charge is 0.333 e. The molecule has 0 saturated carbocycles. The molecule has 0 bridgehead atoms. The fourth-order valence-electron chi connectivity index (χ4n) is 1.26. The predicted octanol–water partition coefficient (Wildman–Crippen LogP) is 2.31. The van der Waals surface area contributed by atoms with Crippen molar-refractivity contribution >= 4 is 17.7 Å². The van der Waals surface area contributed by atoms with Crippen molar-refractivity contribution in [1.29, 1.82) is 0 Å². The van der Waals surface area contributed by atoms with Crippen LogP contribution in [0.25, 0.3) is 0 Å². The second-order valence-corrected chi connectivity index (χ2v) is 4.07. The Morgan fingerprint density at radius 2 is 1.74 bits per heavy atom. The maximum absolute atomic E-state index is 11.4. The summed E-state index contributed by atoms with van der Waals surface area (Å²) in [6.45, 7) is 8.48. The van der Waals surface area contributed by atoms with Crippen LogP contribution in [0.3, 0.4) is 0 Å². The van der Waals surface area contributed by atoms with Gasteiger partial charge in [-0.15, -0.1) is 0 Å². The van der Waals surface area contributed by atoms with Crippen molar-refractivity contribution in [2.75, 3.05) is 6.61 Å². The Morgan fingerprint density at radius 1 is 1.11 bits per heavy atom. The average Bonchev–Trinajstić information content (AvgIpc) is 2.34. The summed E-state index contributed by atoms with van der Waals surface area (Å²) in [5.41, 5.74) is 0.340. The van der Waals surface area contributed by atoms with Crippen molar-refractivity contribution in [3.8, 4) is 0 Å². The standard InChI is InChI=1S/C14H20O5/c1-4-18-13(16)9-5-7-12(15)8-6-10-19-14(17)11(2)3/h4H,1-2,5-10H2,3H3. The van der Waals surface area contributed by atoms with Crippen molar-refractivity contribution < 1.29 is 23.9 Å². The van der Waals surface area contributed by atoms with Gasteiger partial charge in [-0.05, 0) is 19.8 Å². The van der Waals surface area contributed by atoms with Crippen LogP contribution in [0.1, 0.15) is 39.0 Å². The summed E-state index contributed by atoms with van der Waals surface area (Å²) in [5, 5.41) is 0. The maximum Gasteiger partial charge on any atom is 0.333 e. The normalized spacial score (nSPS) is 9.53. The van der Waals surface area contributed by atoms with Gasteiger partial charge in [0, 0.05) is 24.8 Å². The van der Waals surface area contributed by atoms with E-state index in [1.165, 1.54) is 0 Å². The molecule has 0 saturated heterocycles. The highest BCUT2D eigenvalue weighted by molar-refractivity contribution is 5.87. The van der Waals surface area contributed by atoms with E-state index in [0.29, 0.717) is 31.3 Å². The molecule has 0 aromatic heterocycles. The number of ketones is 1. The van der Waals surface area contributed by atoms with Crippen LogP contribution in [-0.4, -0.2) is 24.3 Å². The van der Waals surface area contributed by atoms with Gasteiger partial charge >= 0.3 is 11.9 Å². The van der Waals surface area contributed by atoms with Gasteiger partial charge in [0.1, 0.15) is 5.78 Å². The van der Waals surface area contributed by atoms with E-state index in [0.717, 1.165) is 6.26 Å². The van der Waals surface area contributed by atoms with Gasteiger partial charge in [-0.2, -0.15) is 0 Å². The summed E-state index contributed by atoms with van der Waals surface area (Å²) in [7, 11) is 0. The third-order valence-electron chi connectivity index (χ3n) is 2.23. The molecule has 0 aliphatic rings. The van der Waals surface area contributed by atoms with E-state index in [2.05, 4.69) is 17.9 Å². The van der Waals surface area contributed by atoms with Crippen molar-refractivity contribution in [2.24, 2.45) is 0 Å². The zero-order chi connectivity index (χ0) is 14.7. The molecule has 19 heavy (non-hydrogen) atoms. The van der Waals surface area contributed by atoms with Gasteiger partial charge in [0.05, 0.1) is 12.9 Å². The van der Waals surface area contributed by atoms with E-state index in [1.807, 2.05) is 0 Å². The highest BCUT2D eigenvalue weighted by Crippen LogP contribution is 2.04. The summed E-state index contributed by atoms with van der Waals surface area (Å²) in [5.74, 6) is -0.796. The van der Waals surface area contributed by atoms with Crippen LogP contribution in [0.4, 0.5) is 0 Å². The van der Waals surface area contributed by atoms with Crippen LogP contribution < -0.4 is 0 Å². The molecule has 0 aromatic rings. The van der Waals surface area contributed by atoms with Gasteiger partial charge in [0.25, 0.3) is 0 Å². The molecule has 0 rings (SSSR count). The first-order valence-electron chi connectivity index (χ1n) is 6.12. The van der Waals surface area contributed by atoms with Gasteiger partial charge in [0.2, 0.25) is 0 Å². The summed E-state index contributed by atoms with van der Waals surface area (Å²) >= 11 is 0. The molecule has 0 N–H and O–H groups in total. The lowest BCUT2D eigenvalue weighted by Crippen LogP contribution is -2.08. The molecular formula is C14H20O5. The van der Waals surface area contributed by atoms with E-state index in [1.54, 1.807) is 6.92 Å². The summed E-state index contributed by atoms with van der Waals surface area (Å²) < 4.78 is 9.37. The van der Waals surface area contributed by atoms with Crippen molar-refractivity contribution in [3.63, 3.8) is 0 Å². The molecule has 0 fully saturated rings. The van der Waals surface area contributed by atoms with E-state index in [4.69, 9.17) is 4.74 Å². The molecule has 0 aliphatic heterocycles. The first-order chi connectivity index (χ1) is 8.97. The number of Topliss-reactive ketones (excluding diaryl/α,β-unsaturated/α-hetero) is 1. The highest BCUT2D eigenvalue weighted by Gasteiger charge is 2.07. The number of hydrogen-bond donors (Lipinski definition) is 0. The Morgan fingerprint density at radius 3 is 2.32 bits per heavy atom. The topological polar surface area (TPSA) is 69.7 Å². The van der Waals surface area contributed by atoms with E-state index >= 15 is 0 Å². The fraction of sp³-hybridized carbons (Fsp3) is 0.500. The molecule has 0 radical (unpaired) electrons. The number of rotatable bonds is 10. The minimum absolute atomic E-state index is 0.0396. The van der Waals surface area contributed by atoms with E-state index in [-0.39, 0.29) is 18.8 Å². The van der Waals surface area contributed by atoms with Gasteiger partial charge < -0.3 is 9.47 Å². The predicted molar refractivity (Wildman–Crippen MR) is 70.2 cm³/mol. The van der Waals surface area contributed by atoms with Crippen LogP contribution in [0.15, 0.2) is 25.0 Å². The largest absolute Gasteiger partial charge is 0.462 e. The molecular weight excluding hydrogens is 248 g/mol. The average molecular weight is 268 g/mol. The molecule has 0 amide bonds. The third-order valence-corrected chi connectivity index (χ3v) is 2.23. The van der Waals surface area contributed by atoms with Gasteiger partial charge in [0.15, 0.2) is 0 Å². The molecule has 5 heteroatoms. The molecule has 106 valence electrons. The molecule has 0 atom stereocenters. The lowest BCUT2D eigenvalue weighted by molar-refractivity contribution is -0.140. The number of carbonyl (C=O) groups excluding carboxylic acids is 3. The zero-order valence-corrected chi connectivity index (χ0v) is 11.3. The first-order valence-corrected chi connectivity index (χ1v) is 6.12. The Bertz CT molecular complexity index is 357. The molecule has 0 aromatic carbocycles. The van der Waals surface area contributed by atoms with Gasteiger partial charge in [-0.3, -0.25) is 9.59 Å². The van der Waals surface area contributed by atoms with Crippen LogP contribution in [0.5, 0.6) is 0 Å². The van der Waals surface area contributed by atoms with Crippen LogP contribution in [-0.2, 0) is 23.9 Å². The van der Waals surface area contributed by atoms with Gasteiger partial charge in [-0.1, -0.05) is 13.2 Å². The maximum atomic E-state index is 11.4. The first kappa shape index (κ1) is 17.1. The number of hydrogen-bond acceptors (Lipinski definition) is 5. The van der Waals surface area contributed by atoms with Gasteiger partial charge in [-0.25, -0.2) is 4.79 Å². The lowest BCUT2D eigenvalue weighted by Gasteiger charge is -2.04. The van der Waals surface area contributed by atoms with E-state index in [9.17, 15) is 14.4 Å². The monoisotopic (exact) mass is 268 g/mol. The quantitative estimate of drug-likeness (QED) is 0.263. The Hall–Kier alpha value is -1.91. The van der Waals surface area contributed by atoms with Crippen molar-refractivity contribution in [2.45, 2.75) is 39.0 Å². The number of carbonyl (C=O) groups is 3. The zero-order valence-electron chi connectivity index (χ0n) is 11.3. The molecule has 5 nitrogen and oxygen atoms in total. The molecule has 0 spiro atoms. The highest BCUT2D eigenvalue weighted by atomic mass is 16.5. The van der Waals surface area contributed by atoms with Crippen LogP contribution in [0.2, 0.25) is 0 Å². The molecule has 0 heterocycles. The summed E-state index contributed by atoms with van der Waals surface area (Å²) in [6, 6.07) is 0. The summed E-state index contributed by atoms with van der Waals surface area (Å²) in [4.78, 5) is 33.4. The minimum atomic E-state index is -0.445. The number of esters is 2. The second-order valence-electron chi connectivity index (χ2n) is 4.07. The SMILES string of the molecule is C=COC(=O)CCCC(=O)CCCOC(=O)C(=C)C. The lowest BCUT2D eigenvalue weighted by atomic mass is 10.1. The van der Waals surface area contributed by atoms with Crippen LogP contribution >= 0.6 is 0 Å².